The van der Waals surface area contributed by atoms with Gasteiger partial charge >= 0.3 is 12.1 Å². The van der Waals surface area contributed by atoms with E-state index in [-0.39, 0.29) is 18.9 Å². The number of fused-ring (bicyclic) bond motifs is 3. The first-order valence-corrected chi connectivity index (χ1v) is 11.5. The minimum atomic E-state index is -1.02. The van der Waals surface area contributed by atoms with Gasteiger partial charge in [0.05, 0.1) is 12.2 Å². The lowest BCUT2D eigenvalue weighted by Crippen LogP contribution is -2.52. The van der Waals surface area contributed by atoms with Gasteiger partial charge in [-0.25, -0.2) is 9.78 Å². The Balaban J connectivity index is 1.43. The van der Waals surface area contributed by atoms with E-state index in [0.29, 0.717) is 5.69 Å². The number of amides is 2. The van der Waals surface area contributed by atoms with E-state index in [1.54, 1.807) is 13.1 Å². The normalized spacial score (nSPS) is 14.8. The number of benzene rings is 2. The van der Waals surface area contributed by atoms with Crippen LogP contribution in [0.1, 0.15) is 36.6 Å². The Kier molecular flexibility index (Phi) is 7.14. The van der Waals surface area contributed by atoms with E-state index >= 15 is 0 Å². The Labute approximate surface area is 202 Å². The van der Waals surface area contributed by atoms with Crippen molar-refractivity contribution in [2.75, 3.05) is 6.61 Å². The Morgan fingerprint density at radius 2 is 1.66 bits per heavy atom. The number of H-pyrrole nitrogens is 1. The predicted molar refractivity (Wildman–Crippen MR) is 129 cm³/mol. The molecule has 1 aliphatic rings. The second-order valence-corrected chi connectivity index (χ2v) is 8.73. The molecule has 4 N–H and O–H groups in total. The molecule has 4 rings (SSSR count). The van der Waals surface area contributed by atoms with Crippen LogP contribution < -0.4 is 10.6 Å². The van der Waals surface area contributed by atoms with Gasteiger partial charge in [0.1, 0.15) is 12.6 Å². The molecular formula is C26H28N4O5. The number of nitrogens with one attached hydrogen (secondary N) is 3. The number of ether oxygens (including phenoxy) is 1. The van der Waals surface area contributed by atoms with Crippen molar-refractivity contribution in [2.45, 2.75) is 38.3 Å². The van der Waals surface area contributed by atoms with E-state index in [9.17, 15) is 19.5 Å². The number of carboxylic acid groups (broad SMARTS) is 1. The number of hydrogen-bond acceptors (Lipinski definition) is 5. The summed E-state index contributed by atoms with van der Waals surface area (Å²) in [4.78, 5) is 43.8. The highest BCUT2D eigenvalue weighted by atomic mass is 16.5. The van der Waals surface area contributed by atoms with Gasteiger partial charge in [-0.2, -0.15) is 0 Å². The average molecular weight is 477 g/mol. The number of carbonyl (C=O) groups excluding carboxylic acids is 2. The first-order chi connectivity index (χ1) is 16.8. The molecule has 35 heavy (non-hydrogen) atoms. The Morgan fingerprint density at radius 1 is 1.03 bits per heavy atom. The molecule has 182 valence electrons. The summed E-state index contributed by atoms with van der Waals surface area (Å²) in [6.45, 7) is 3.23. The van der Waals surface area contributed by atoms with Crippen LogP contribution in [0.25, 0.3) is 11.1 Å². The van der Waals surface area contributed by atoms with Gasteiger partial charge in [0.2, 0.25) is 5.91 Å². The van der Waals surface area contributed by atoms with Gasteiger partial charge in [-0.1, -0.05) is 48.5 Å². The SMILES string of the molecule is CC(NC(=O)[C@H](Cc1cnc[nH]1)NC(=O)OCC1c2ccccc2-c2ccccc21)C(C)C(=O)O. The number of rotatable bonds is 9. The van der Waals surface area contributed by atoms with Crippen LogP contribution in [0, 0.1) is 5.92 Å². The van der Waals surface area contributed by atoms with Crippen molar-refractivity contribution in [1.29, 1.82) is 0 Å². The molecule has 1 aliphatic carbocycles. The average Bonchev–Trinajstić information content (AvgIpc) is 3.47. The standard InChI is InChI=1S/C26H28N4O5/c1-15(25(32)33)16(2)29-24(31)23(11-17-12-27-14-28-17)30-26(34)35-13-22-20-9-5-3-7-18(20)19-8-4-6-10-21(19)22/h3-10,12,14-16,22-23H,11,13H2,1-2H3,(H,27,28)(H,29,31)(H,30,34)(H,32,33)/t15?,16?,23-/m0/s1. The number of hydrogen-bond donors (Lipinski definition) is 4. The van der Waals surface area contributed by atoms with Crippen LogP contribution in [-0.4, -0.2) is 51.7 Å². The quantitative estimate of drug-likeness (QED) is 0.375. The monoisotopic (exact) mass is 476 g/mol. The smallest absolute Gasteiger partial charge is 0.407 e. The third-order valence-corrected chi connectivity index (χ3v) is 6.44. The predicted octanol–water partition coefficient (Wildman–Crippen LogP) is 3.08. The lowest BCUT2D eigenvalue weighted by atomic mass is 9.98. The minimum absolute atomic E-state index is 0.107. The largest absolute Gasteiger partial charge is 0.481 e. The van der Waals surface area contributed by atoms with E-state index in [2.05, 4.69) is 32.7 Å². The van der Waals surface area contributed by atoms with Crippen molar-refractivity contribution >= 4 is 18.0 Å². The molecule has 1 heterocycles. The van der Waals surface area contributed by atoms with Crippen LogP contribution in [0.3, 0.4) is 0 Å². The second kappa shape index (κ2) is 10.4. The minimum Gasteiger partial charge on any atom is -0.481 e. The Hall–Kier alpha value is -4.14. The van der Waals surface area contributed by atoms with Crippen LogP contribution in [0.4, 0.5) is 4.79 Å². The molecule has 9 nitrogen and oxygen atoms in total. The first-order valence-electron chi connectivity index (χ1n) is 11.5. The van der Waals surface area contributed by atoms with E-state index in [0.717, 1.165) is 22.3 Å². The molecule has 0 spiro atoms. The fourth-order valence-electron chi connectivity index (χ4n) is 4.27. The van der Waals surface area contributed by atoms with E-state index in [4.69, 9.17) is 4.74 Å². The van der Waals surface area contributed by atoms with Gasteiger partial charge in [0, 0.05) is 30.3 Å². The zero-order valence-electron chi connectivity index (χ0n) is 19.5. The van der Waals surface area contributed by atoms with Crippen molar-refractivity contribution in [3.05, 3.63) is 77.9 Å². The summed E-state index contributed by atoms with van der Waals surface area (Å²) in [5.74, 6) is -2.42. The maximum absolute atomic E-state index is 12.9. The molecule has 3 aromatic rings. The topological polar surface area (TPSA) is 133 Å². The lowest BCUT2D eigenvalue weighted by Gasteiger charge is -2.23. The van der Waals surface area contributed by atoms with Gasteiger partial charge in [0.25, 0.3) is 0 Å². The molecule has 1 aromatic heterocycles. The molecule has 2 unspecified atom stereocenters. The van der Waals surface area contributed by atoms with Crippen molar-refractivity contribution in [3.63, 3.8) is 0 Å². The van der Waals surface area contributed by atoms with Crippen LogP contribution in [0.15, 0.2) is 61.1 Å². The molecule has 0 bridgehead atoms. The van der Waals surface area contributed by atoms with Crippen molar-refractivity contribution in [3.8, 4) is 11.1 Å². The first kappa shape index (κ1) is 24.0. The third-order valence-electron chi connectivity index (χ3n) is 6.44. The number of aliphatic carboxylic acids is 1. The molecule has 2 aromatic carbocycles. The fraction of sp³-hybridized carbons (Fsp3) is 0.308. The number of nitrogens with zero attached hydrogens (tertiary/aromatic N) is 1. The summed E-state index contributed by atoms with van der Waals surface area (Å²) in [5.41, 5.74) is 5.06. The maximum Gasteiger partial charge on any atom is 0.407 e. The summed E-state index contributed by atoms with van der Waals surface area (Å²) in [7, 11) is 0. The molecule has 0 fully saturated rings. The van der Waals surface area contributed by atoms with E-state index in [1.807, 2.05) is 36.4 Å². The van der Waals surface area contributed by atoms with Crippen molar-refractivity contribution in [1.82, 2.24) is 20.6 Å². The van der Waals surface area contributed by atoms with E-state index in [1.165, 1.54) is 13.3 Å². The van der Waals surface area contributed by atoms with Gasteiger partial charge in [-0.3, -0.25) is 9.59 Å². The molecule has 0 saturated carbocycles. The fourth-order valence-corrected chi connectivity index (χ4v) is 4.27. The highest BCUT2D eigenvalue weighted by Gasteiger charge is 2.31. The maximum atomic E-state index is 12.9. The van der Waals surface area contributed by atoms with Crippen LogP contribution in [-0.2, 0) is 20.7 Å². The van der Waals surface area contributed by atoms with Gasteiger partial charge in [0.15, 0.2) is 0 Å². The van der Waals surface area contributed by atoms with Crippen LogP contribution in [0.5, 0.6) is 0 Å². The summed E-state index contributed by atoms with van der Waals surface area (Å²) in [6, 6.07) is 14.4. The third kappa shape index (κ3) is 5.34. The molecule has 0 aliphatic heterocycles. The van der Waals surface area contributed by atoms with Gasteiger partial charge < -0.3 is 25.5 Å². The zero-order valence-corrected chi connectivity index (χ0v) is 19.5. The number of aromatic nitrogens is 2. The van der Waals surface area contributed by atoms with Gasteiger partial charge in [-0.05, 0) is 36.1 Å². The summed E-state index contributed by atoms with van der Waals surface area (Å²) >= 11 is 0. The van der Waals surface area contributed by atoms with Crippen molar-refractivity contribution < 1.29 is 24.2 Å². The van der Waals surface area contributed by atoms with Gasteiger partial charge in [-0.15, -0.1) is 0 Å². The summed E-state index contributed by atoms with van der Waals surface area (Å²) < 4.78 is 5.58. The molecule has 9 heteroatoms. The molecular weight excluding hydrogens is 448 g/mol. The number of carboxylic acids is 1. The molecule has 2 amide bonds. The Morgan fingerprint density at radius 3 is 2.23 bits per heavy atom. The lowest BCUT2D eigenvalue weighted by molar-refractivity contribution is -0.142. The molecule has 0 radical (unpaired) electrons. The number of carbonyl (C=O) groups is 3. The highest BCUT2D eigenvalue weighted by molar-refractivity contribution is 5.86. The Bertz CT molecular complexity index is 1160. The molecule has 3 atom stereocenters. The highest BCUT2D eigenvalue weighted by Crippen LogP contribution is 2.44. The van der Waals surface area contributed by atoms with Crippen LogP contribution in [0.2, 0.25) is 0 Å². The number of aromatic amines is 1. The van der Waals surface area contributed by atoms with E-state index < -0.39 is 36.0 Å². The molecule has 0 saturated heterocycles. The number of alkyl carbamates (subject to hydrolysis) is 1. The van der Waals surface area contributed by atoms with Crippen molar-refractivity contribution in [2.24, 2.45) is 5.92 Å². The second-order valence-electron chi connectivity index (χ2n) is 8.73. The number of imidazole rings is 1. The summed E-state index contributed by atoms with van der Waals surface area (Å²) in [5, 5.41) is 14.5. The van der Waals surface area contributed by atoms with Crippen LogP contribution >= 0.6 is 0 Å². The summed E-state index contributed by atoms with van der Waals surface area (Å²) in [6.07, 6.45) is 2.45. The zero-order chi connectivity index (χ0) is 24.9.